The molecular weight excluding hydrogens is 320 g/mol. The van der Waals surface area contributed by atoms with Gasteiger partial charge in [0.15, 0.2) is 11.5 Å². The van der Waals surface area contributed by atoms with E-state index in [1.165, 1.54) is 5.56 Å². The number of carbonyl (C=O) groups excluding carboxylic acids is 1. The molecule has 0 spiro atoms. The van der Waals surface area contributed by atoms with Crippen molar-refractivity contribution in [2.24, 2.45) is 0 Å². The number of piperazine rings is 1. The van der Waals surface area contributed by atoms with Gasteiger partial charge in [0.25, 0.3) is 0 Å². The predicted octanol–water partition coefficient (Wildman–Crippen LogP) is 1.24. The van der Waals surface area contributed by atoms with Gasteiger partial charge in [0.1, 0.15) is 6.54 Å². The van der Waals surface area contributed by atoms with Crippen molar-refractivity contribution in [3.05, 3.63) is 42.2 Å². The molecule has 0 bridgehead atoms. The van der Waals surface area contributed by atoms with Crippen molar-refractivity contribution in [1.29, 1.82) is 0 Å². The first-order chi connectivity index (χ1) is 12.2. The number of nitrogens with zero attached hydrogens (tertiary/aromatic N) is 4. The molecule has 1 aromatic heterocycles. The molecule has 2 aromatic rings. The smallest absolute Gasteiger partial charge is 0.244 e. The number of rotatable bonds is 6. The van der Waals surface area contributed by atoms with E-state index >= 15 is 0 Å². The molecule has 1 amide bonds. The van der Waals surface area contributed by atoms with Crippen LogP contribution in [-0.4, -0.2) is 65.9 Å². The van der Waals surface area contributed by atoms with Crippen molar-refractivity contribution in [3.63, 3.8) is 0 Å². The van der Waals surface area contributed by atoms with E-state index in [0.29, 0.717) is 6.54 Å². The van der Waals surface area contributed by atoms with Crippen molar-refractivity contribution in [2.75, 3.05) is 40.4 Å². The molecule has 3 rings (SSSR count). The summed E-state index contributed by atoms with van der Waals surface area (Å²) in [6.45, 7) is 4.35. The summed E-state index contributed by atoms with van der Waals surface area (Å²) in [6.07, 6.45) is 3.50. The maximum atomic E-state index is 12.3. The molecule has 0 radical (unpaired) electrons. The Balaban J connectivity index is 1.51. The van der Waals surface area contributed by atoms with Gasteiger partial charge in [-0.15, -0.1) is 0 Å². The van der Waals surface area contributed by atoms with Crippen molar-refractivity contribution in [3.8, 4) is 11.5 Å². The molecule has 1 fully saturated rings. The standard InChI is InChI=1S/C18H24N4O3/c1-24-16-5-4-15(12-17(16)25-2)13-20-8-10-21(11-9-20)18(23)14-22-7-3-6-19-22/h3-7,12H,8-11,13-14H2,1-2H3. The molecule has 7 nitrogen and oxygen atoms in total. The Morgan fingerprint density at radius 2 is 1.88 bits per heavy atom. The van der Waals surface area contributed by atoms with Crippen LogP contribution in [0.15, 0.2) is 36.7 Å². The Bertz CT molecular complexity index is 694. The summed E-state index contributed by atoms with van der Waals surface area (Å²) in [7, 11) is 3.28. The first-order valence-electron chi connectivity index (χ1n) is 8.38. The van der Waals surface area contributed by atoms with Crippen LogP contribution in [0.2, 0.25) is 0 Å². The molecule has 1 aromatic carbocycles. The number of benzene rings is 1. The lowest BCUT2D eigenvalue weighted by atomic mass is 10.1. The third-order valence-electron chi connectivity index (χ3n) is 4.44. The summed E-state index contributed by atoms with van der Waals surface area (Å²) < 4.78 is 12.3. The zero-order valence-corrected chi connectivity index (χ0v) is 14.7. The normalized spacial score (nSPS) is 15.2. The van der Waals surface area contributed by atoms with E-state index in [4.69, 9.17) is 9.47 Å². The van der Waals surface area contributed by atoms with Gasteiger partial charge in [-0.1, -0.05) is 6.07 Å². The fourth-order valence-electron chi connectivity index (χ4n) is 3.03. The summed E-state index contributed by atoms with van der Waals surface area (Å²) in [5.41, 5.74) is 1.17. The van der Waals surface area contributed by atoms with E-state index in [2.05, 4.69) is 16.1 Å². The number of amides is 1. The average Bonchev–Trinajstić information content (AvgIpc) is 3.15. The minimum absolute atomic E-state index is 0.120. The van der Waals surface area contributed by atoms with Gasteiger partial charge in [-0.25, -0.2) is 0 Å². The van der Waals surface area contributed by atoms with Gasteiger partial charge in [-0.05, 0) is 23.8 Å². The Morgan fingerprint density at radius 3 is 2.52 bits per heavy atom. The molecular formula is C18H24N4O3. The summed E-state index contributed by atoms with van der Waals surface area (Å²) in [6, 6.07) is 7.82. The fraction of sp³-hybridized carbons (Fsp3) is 0.444. The second kappa shape index (κ2) is 8.02. The summed E-state index contributed by atoms with van der Waals surface area (Å²) in [5, 5.41) is 4.09. The Hall–Kier alpha value is -2.54. The van der Waals surface area contributed by atoms with Gasteiger partial charge < -0.3 is 14.4 Å². The van der Waals surface area contributed by atoms with Crippen LogP contribution in [0.25, 0.3) is 0 Å². The Labute approximate surface area is 147 Å². The maximum absolute atomic E-state index is 12.3. The Kier molecular flexibility index (Phi) is 5.55. The number of hydrogen-bond donors (Lipinski definition) is 0. The van der Waals surface area contributed by atoms with Crippen LogP contribution in [0.1, 0.15) is 5.56 Å². The third-order valence-corrected chi connectivity index (χ3v) is 4.44. The molecule has 1 saturated heterocycles. The highest BCUT2D eigenvalue weighted by molar-refractivity contribution is 5.76. The quantitative estimate of drug-likeness (QED) is 0.789. The topological polar surface area (TPSA) is 59.8 Å². The molecule has 7 heteroatoms. The van der Waals surface area contributed by atoms with E-state index in [9.17, 15) is 4.79 Å². The highest BCUT2D eigenvalue weighted by atomic mass is 16.5. The van der Waals surface area contributed by atoms with Crippen LogP contribution in [0.3, 0.4) is 0 Å². The summed E-state index contributed by atoms with van der Waals surface area (Å²) in [5.74, 6) is 1.60. The lowest BCUT2D eigenvalue weighted by Gasteiger charge is -2.34. The van der Waals surface area contributed by atoms with Gasteiger partial charge in [0.2, 0.25) is 5.91 Å². The largest absolute Gasteiger partial charge is 0.493 e. The van der Waals surface area contributed by atoms with Crippen LogP contribution in [0.5, 0.6) is 11.5 Å². The van der Waals surface area contributed by atoms with E-state index in [-0.39, 0.29) is 5.91 Å². The minimum Gasteiger partial charge on any atom is -0.493 e. The van der Waals surface area contributed by atoms with Crippen LogP contribution >= 0.6 is 0 Å². The molecule has 0 saturated carbocycles. The van der Waals surface area contributed by atoms with Crippen molar-refractivity contribution >= 4 is 5.91 Å². The molecule has 0 N–H and O–H groups in total. The highest BCUT2D eigenvalue weighted by Crippen LogP contribution is 2.28. The zero-order chi connectivity index (χ0) is 17.6. The van der Waals surface area contributed by atoms with Crippen molar-refractivity contribution < 1.29 is 14.3 Å². The second-order valence-electron chi connectivity index (χ2n) is 6.05. The SMILES string of the molecule is COc1ccc(CN2CCN(C(=O)Cn3cccn3)CC2)cc1OC. The molecule has 25 heavy (non-hydrogen) atoms. The van der Waals surface area contributed by atoms with E-state index < -0.39 is 0 Å². The molecule has 1 aliphatic heterocycles. The molecule has 134 valence electrons. The highest BCUT2D eigenvalue weighted by Gasteiger charge is 2.21. The summed E-state index contributed by atoms with van der Waals surface area (Å²) in [4.78, 5) is 16.6. The molecule has 2 heterocycles. The molecule has 1 aliphatic rings. The van der Waals surface area contributed by atoms with Crippen LogP contribution in [0.4, 0.5) is 0 Å². The van der Waals surface area contributed by atoms with Crippen molar-refractivity contribution in [2.45, 2.75) is 13.1 Å². The molecule has 0 aliphatic carbocycles. The Morgan fingerprint density at radius 1 is 1.12 bits per heavy atom. The van der Waals surface area contributed by atoms with Crippen LogP contribution < -0.4 is 9.47 Å². The lowest BCUT2D eigenvalue weighted by molar-refractivity contribution is -0.133. The first kappa shape index (κ1) is 17.3. The first-order valence-corrected chi connectivity index (χ1v) is 8.38. The van der Waals surface area contributed by atoms with Gasteiger partial charge in [0.05, 0.1) is 14.2 Å². The number of aromatic nitrogens is 2. The minimum atomic E-state index is 0.120. The maximum Gasteiger partial charge on any atom is 0.244 e. The number of ether oxygens (including phenoxy) is 2. The van der Waals surface area contributed by atoms with Gasteiger partial charge in [0, 0.05) is 45.1 Å². The summed E-state index contributed by atoms with van der Waals surface area (Å²) >= 11 is 0. The molecule has 0 unspecified atom stereocenters. The fourth-order valence-corrected chi connectivity index (χ4v) is 3.03. The van der Waals surface area contributed by atoms with E-state index in [1.54, 1.807) is 25.1 Å². The lowest BCUT2D eigenvalue weighted by Crippen LogP contribution is -2.49. The second-order valence-corrected chi connectivity index (χ2v) is 6.05. The van der Waals surface area contributed by atoms with E-state index in [0.717, 1.165) is 44.2 Å². The predicted molar refractivity (Wildman–Crippen MR) is 93.6 cm³/mol. The van der Waals surface area contributed by atoms with Gasteiger partial charge >= 0.3 is 0 Å². The monoisotopic (exact) mass is 344 g/mol. The third kappa shape index (κ3) is 4.30. The van der Waals surface area contributed by atoms with E-state index in [1.807, 2.05) is 29.3 Å². The van der Waals surface area contributed by atoms with Crippen LogP contribution in [0, 0.1) is 0 Å². The number of carbonyl (C=O) groups is 1. The number of methoxy groups -OCH3 is 2. The number of hydrogen-bond acceptors (Lipinski definition) is 5. The average molecular weight is 344 g/mol. The van der Waals surface area contributed by atoms with Gasteiger partial charge in [-0.3, -0.25) is 14.4 Å². The zero-order valence-electron chi connectivity index (χ0n) is 14.7. The van der Waals surface area contributed by atoms with Crippen molar-refractivity contribution in [1.82, 2.24) is 19.6 Å². The molecule has 0 atom stereocenters. The van der Waals surface area contributed by atoms with Crippen LogP contribution in [-0.2, 0) is 17.9 Å². The van der Waals surface area contributed by atoms with Gasteiger partial charge in [-0.2, -0.15) is 5.10 Å².